The Morgan fingerprint density at radius 1 is 1.20 bits per heavy atom. The normalized spacial score (nSPS) is 11.6. The van der Waals surface area contributed by atoms with Gasteiger partial charge < -0.3 is 10.1 Å². The van der Waals surface area contributed by atoms with Crippen molar-refractivity contribution in [3.05, 3.63) is 58.7 Å². The third kappa shape index (κ3) is 3.54. The molecule has 0 spiro atoms. The molecule has 0 aliphatic rings. The van der Waals surface area contributed by atoms with Gasteiger partial charge in [0, 0.05) is 21.6 Å². The van der Waals surface area contributed by atoms with E-state index in [2.05, 4.69) is 20.9 Å². The Bertz CT molecular complexity index is 1040. The predicted octanol–water partition coefficient (Wildman–Crippen LogP) is 3.52. The summed E-state index contributed by atoms with van der Waals surface area (Å²) in [6.07, 6.45) is 1.74. The van der Waals surface area contributed by atoms with Crippen LogP contribution in [0.25, 0.3) is 10.9 Å². The molecule has 2 N–H and O–H groups in total. The van der Waals surface area contributed by atoms with Crippen LogP contribution >= 0.6 is 15.9 Å². The number of nitrogens with one attached hydrogen (secondary N) is 1. The number of H-pyrrole nitrogens is 1. The minimum Gasteiger partial charge on any atom is -0.480 e. The van der Waals surface area contributed by atoms with E-state index in [4.69, 9.17) is 0 Å². The van der Waals surface area contributed by atoms with Gasteiger partial charge in [0.1, 0.15) is 6.54 Å². The molecular formula is C17H15BrN2O4S. The van der Waals surface area contributed by atoms with Crippen molar-refractivity contribution in [2.45, 2.75) is 11.8 Å². The Morgan fingerprint density at radius 2 is 1.96 bits per heavy atom. The van der Waals surface area contributed by atoms with Gasteiger partial charge in [0.15, 0.2) is 0 Å². The molecule has 0 saturated heterocycles. The number of rotatable bonds is 5. The number of carbonyl (C=O) groups is 1. The second kappa shape index (κ2) is 6.53. The fraction of sp³-hybridized carbons (Fsp3) is 0.118. The van der Waals surface area contributed by atoms with E-state index >= 15 is 0 Å². The Morgan fingerprint density at radius 3 is 2.64 bits per heavy atom. The molecule has 130 valence electrons. The second-order valence-electron chi connectivity index (χ2n) is 5.62. The molecule has 0 saturated carbocycles. The van der Waals surface area contributed by atoms with Crippen molar-refractivity contribution >= 4 is 48.5 Å². The SMILES string of the molecule is Cc1cc(Br)cc(S(=O)(=O)N(CC(=O)O)c2ccc3[nH]ccc3c2)c1. The van der Waals surface area contributed by atoms with E-state index in [1.807, 2.05) is 0 Å². The number of sulfonamides is 1. The van der Waals surface area contributed by atoms with Crippen molar-refractivity contribution in [1.29, 1.82) is 0 Å². The van der Waals surface area contributed by atoms with Crippen LogP contribution in [0.3, 0.4) is 0 Å². The van der Waals surface area contributed by atoms with Crippen molar-refractivity contribution in [3.8, 4) is 0 Å². The van der Waals surface area contributed by atoms with Crippen molar-refractivity contribution < 1.29 is 18.3 Å². The fourth-order valence-electron chi connectivity index (χ4n) is 2.61. The molecular weight excluding hydrogens is 408 g/mol. The third-order valence-corrected chi connectivity index (χ3v) is 5.92. The quantitative estimate of drug-likeness (QED) is 0.657. The first-order valence-corrected chi connectivity index (χ1v) is 9.59. The zero-order valence-electron chi connectivity index (χ0n) is 13.2. The second-order valence-corrected chi connectivity index (χ2v) is 8.40. The van der Waals surface area contributed by atoms with E-state index in [1.165, 1.54) is 12.1 Å². The van der Waals surface area contributed by atoms with Crippen molar-refractivity contribution in [3.63, 3.8) is 0 Å². The van der Waals surface area contributed by atoms with Gasteiger partial charge in [-0.15, -0.1) is 0 Å². The van der Waals surface area contributed by atoms with E-state index in [0.29, 0.717) is 10.2 Å². The number of aliphatic carboxylic acids is 1. The van der Waals surface area contributed by atoms with Gasteiger partial charge in [-0.05, 0) is 55.0 Å². The number of anilines is 1. The maximum atomic E-state index is 13.1. The zero-order chi connectivity index (χ0) is 18.2. The van der Waals surface area contributed by atoms with Gasteiger partial charge in [0.05, 0.1) is 10.6 Å². The van der Waals surface area contributed by atoms with E-state index in [0.717, 1.165) is 20.8 Å². The van der Waals surface area contributed by atoms with Crippen LogP contribution in [0.2, 0.25) is 0 Å². The van der Waals surface area contributed by atoms with Crippen LogP contribution in [0.5, 0.6) is 0 Å². The van der Waals surface area contributed by atoms with Gasteiger partial charge in [-0.25, -0.2) is 8.42 Å². The molecule has 6 nitrogen and oxygen atoms in total. The summed E-state index contributed by atoms with van der Waals surface area (Å²) < 4.78 is 27.7. The fourth-order valence-corrected chi connectivity index (χ4v) is 4.91. The molecule has 0 amide bonds. The average Bonchev–Trinajstić information content (AvgIpc) is 2.98. The molecule has 0 fully saturated rings. The standard InChI is InChI=1S/C17H15BrN2O4S/c1-11-6-13(18)9-15(7-11)25(23,24)20(10-17(21)22)14-2-3-16-12(8-14)4-5-19-16/h2-9,19H,10H2,1H3,(H,21,22). The molecule has 0 radical (unpaired) electrons. The number of hydrogen-bond donors (Lipinski definition) is 2. The summed E-state index contributed by atoms with van der Waals surface area (Å²) in [5.41, 5.74) is 1.89. The Kier molecular flexibility index (Phi) is 4.57. The summed E-state index contributed by atoms with van der Waals surface area (Å²) in [6.45, 7) is 1.11. The lowest BCUT2D eigenvalue weighted by Crippen LogP contribution is -2.35. The van der Waals surface area contributed by atoms with Crippen molar-refractivity contribution in [1.82, 2.24) is 4.98 Å². The van der Waals surface area contributed by atoms with Crippen LogP contribution in [0.15, 0.2) is 58.0 Å². The van der Waals surface area contributed by atoms with Gasteiger partial charge >= 0.3 is 5.97 Å². The Hall–Kier alpha value is -2.32. The molecule has 3 rings (SSSR count). The van der Waals surface area contributed by atoms with Crippen LogP contribution in [-0.4, -0.2) is 31.0 Å². The van der Waals surface area contributed by atoms with Crippen molar-refractivity contribution in [2.24, 2.45) is 0 Å². The number of nitrogens with zero attached hydrogens (tertiary/aromatic N) is 1. The lowest BCUT2D eigenvalue weighted by molar-refractivity contribution is -0.135. The highest BCUT2D eigenvalue weighted by Crippen LogP contribution is 2.28. The maximum absolute atomic E-state index is 13.1. The van der Waals surface area contributed by atoms with Gasteiger partial charge in [-0.1, -0.05) is 15.9 Å². The number of carboxylic acids is 1. The maximum Gasteiger partial charge on any atom is 0.324 e. The minimum atomic E-state index is -4.03. The van der Waals surface area contributed by atoms with Crippen molar-refractivity contribution in [2.75, 3.05) is 10.8 Å². The molecule has 25 heavy (non-hydrogen) atoms. The highest BCUT2D eigenvalue weighted by molar-refractivity contribution is 9.10. The molecule has 0 unspecified atom stereocenters. The van der Waals surface area contributed by atoms with E-state index in [1.54, 1.807) is 43.5 Å². The number of fused-ring (bicyclic) bond motifs is 1. The number of halogens is 1. The van der Waals surface area contributed by atoms with E-state index in [9.17, 15) is 18.3 Å². The molecule has 0 bridgehead atoms. The van der Waals surface area contributed by atoms with Crippen LogP contribution in [-0.2, 0) is 14.8 Å². The number of aromatic amines is 1. The Labute approximate surface area is 153 Å². The summed E-state index contributed by atoms with van der Waals surface area (Å²) >= 11 is 3.29. The summed E-state index contributed by atoms with van der Waals surface area (Å²) in [7, 11) is -4.03. The first-order valence-electron chi connectivity index (χ1n) is 7.36. The van der Waals surface area contributed by atoms with Crippen LogP contribution in [0.4, 0.5) is 5.69 Å². The van der Waals surface area contributed by atoms with Crippen LogP contribution in [0.1, 0.15) is 5.56 Å². The molecule has 8 heteroatoms. The highest BCUT2D eigenvalue weighted by atomic mass is 79.9. The highest BCUT2D eigenvalue weighted by Gasteiger charge is 2.27. The van der Waals surface area contributed by atoms with Gasteiger partial charge in [-0.3, -0.25) is 9.10 Å². The van der Waals surface area contributed by atoms with Gasteiger partial charge in [-0.2, -0.15) is 0 Å². The third-order valence-electron chi connectivity index (χ3n) is 3.71. The number of hydrogen-bond acceptors (Lipinski definition) is 3. The number of aromatic nitrogens is 1. The molecule has 1 heterocycles. The molecule has 0 aliphatic carbocycles. The molecule has 2 aromatic carbocycles. The zero-order valence-corrected chi connectivity index (χ0v) is 15.6. The number of carboxylic acid groups (broad SMARTS) is 1. The monoisotopic (exact) mass is 422 g/mol. The first-order chi connectivity index (χ1) is 11.8. The number of aryl methyl sites for hydroxylation is 1. The van der Waals surface area contributed by atoms with Gasteiger partial charge in [0.25, 0.3) is 10.0 Å². The summed E-state index contributed by atoms with van der Waals surface area (Å²) in [5.74, 6) is -1.23. The predicted molar refractivity (Wildman–Crippen MR) is 99.3 cm³/mol. The molecule has 3 aromatic rings. The minimum absolute atomic E-state index is 0.0368. The smallest absolute Gasteiger partial charge is 0.324 e. The molecule has 0 aliphatic heterocycles. The van der Waals surface area contributed by atoms with E-state index in [-0.39, 0.29) is 4.90 Å². The average molecular weight is 423 g/mol. The lowest BCUT2D eigenvalue weighted by atomic mass is 10.2. The molecule has 1 aromatic heterocycles. The topological polar surface area (TPSA) is 90.5 Å². The lowest BCUT2D eigenvalue weighted by Gasteiger charge is -2.23. The van der Waals surface area contributed by atoms with Crippen LogP contribution < -0.4 is 4.31 Å². The van der Waals surface area contributed by atoms with Crippen LogP contribution in [0, 0.1) is 6.92 Å². The summed E-state index contributed by atoms with van der Waals surface area (Å²) in [5, 5.41) is 10.0. The first kappa shape index (κ1) is 17.5. The Balaban J connectivity index is 2.15. The number of benzene rings is 2. The summed E-state index contributed by atoms with van der Waals surface area (Å²) in [6, 6.07) is 11.5. The van der Waals surface area contributed by atoms with E-state index < -0.39 is 22.5 Å². The summed E-state index contributed by atoms with van der Waals surface area (Å²) in [4.78, 5) is 14.3. The molecule has 0 atom stereocenters. The van der Waals surface area contributed by atoms with Gasteiger partial charge in [0.2, 0.25) is 0 Å². The largest absolute Gasteiger partial charge is 0.480 e.